The number of carbonyl (C=O) groups is 1. The molecule has 0 radical (unpaired) electrons. The molecule has 0 amide bonds. The van der Waals surface area contributed by atoms with Crippen LogP contribution in [0.1, 0.15) is 45.9 Å². The van der Waals surface area contributed by atoms with Crippen LogP contribution in [0, 0.1) is 5.41 Å². The Labute approximate surface area is 103 Å². The molecule has 0 spiro atoms. The Morgan fingerprint density at radius 3 is 2.76 bits per heavy atom. The second-order valence-corrected chi connectivity index (χ2v) is 5.04. The van der Waals surface area contributed by atoms with Crippen molar-refractivity contribution in [3.63, 3.8) is 0 Å². The van der Waals surface area contributed by atoms with E-state index in [1.807, 2.05) is 12.4 Å². The molecular weight excluding hydrogens is 216 g/mol. The fourth-order valence-corrected chi connectivity index (χ4v) is 1.81. The van der Waals surface area contributed by atoms with Gasteiger partial charge in [-0.3, -0.25) is 4.79 Å². The molecule has 0 atom stereocenters. The molecule has 4 nitrogen and oxygen atoms in total. The van der Waals surface area contributed by atoms with Crippen molar-refractivity contribution in [2.45, 2.75) is 53.0 Å². The summed E-state index contributed by atoms with van der Waals surface area (Å²) in [7, 11) is 0. The van der Waals surface area contributed by atoms with Gasteiger partial charge in [-0.1, -0.05) is 13.3 Å². The Bertz CT molecular complexity index is 369. The van der Waals surface area contributed by atoms with Gasteiger partial charge in [-0.15, -0.1) is 0 Å². The zero-order valence-corrected chi connectivity index (χ0v) is 10.9. The van der Waals surface area contributed by atoms with Gasteiger partial charge in [0, 0.05) is 25.4 Å². The average Bonchev–Trinajstić information content (AvgIpc) is 2.71. The van der Waals surface area contributed by atoms with Gasteiger partial charge in [0.15, 0.2) is 0 Å². The molecule has 17 heavy (non-hydrogen) atoms. The molecule has 0 aliphatic carbocycles. The predicted molar refractivity (Wildman–Crippen MR) is 66.9 cm³/mol. The minimum Gasteiger partial charge on any atom is -0.481 e. The molecule has 1 N–H and O–H groups in total. The van der Waals surface area contributed by atoms with Crippen LogP contribution in [0.3, 0.4) is 0 Å². The van der Waals surface area contributed by atoms with Crippen molar-refractivity contribution in [1.29, 1.82) is 0 Å². The Balaban J connectivity index is 2.32. The number of aromatic nitrogens is 2. The minimum absolute atomic E-state index is 0.609. The van der Waals surface area contributed by atoms with Crippen LogP contribution in [0.2, 0.25) is 0 Å². The van der Waals surface area contributed by atoms with Crippen LogP contribution in [0.5, 0.6) is 0 Å². The van der Waals surface area contributed by atoms with Crippen LogP contribution >= 0.6 is 0 Å². The highest BCUT2D eigenvalue weighted by molar-refractivity contribution is 5.73. The van der Waals surface area contributed by atoms with Gasteiger partial charge in [0.25, 0.3) is 0 Å². The van der Waals surface area contributed by atoms with Gasteiger partial charge in [-0.2, -0.15) is 0 Å². The number of carboxylic acids is 1. The third-order valence-corrected chi connectivity index (χ3v) is 3.15. The second kappa shape index (κ2) is 5.84. The summed E-state index contributed by atoms with van der Waals surface area (Å²) in [5.74, 6) is 0.386. The van der Waals surface area contributed by atoms with Crippen molar-refractivity contribution in [2.24, 2.45) is 5.41 Å². The molecule has 1 aromatic rings. The predicted octanol–water partition coefficient (Wildman–Crippen LogP) is 2.73. The van der Waals surface area contributed by atoms with Crippen molar-refractivity contribution >= 4 is 5.97 Å². The highest BCUT2D eigenvalue weighted by Crippen LogP contribution is 2.23. The average molecular weight is 238 g/mol. The fraction of sp³-hybridized carbons (Fsp3) is 0.692. The van der Waals surface area contributed by atoms with E-state index >= 15 is 0 Å². The van der Waals surface area contributed by atoms with Crippen LogP contribution in [-0.4, -0.2) is 20.6 Å². The van der Waals surface area contributed by atoms with Crippen LogP contribution in [0.15, 0.2) is 12.4 Å². The molecule has 0 aromatic carbocycles. The lowest BCUT2D eigenvalue weighted by atomic mass is 9.87. The fourth-order valence-electron chi connectivity index (χ4n) is 1.81. The van der Waals surface area contributed by atoms with E-state index in [9.17, 15) is 4.79 Å². The Morgan fingerprint density at radius 1 is 1.47 bits per heavy atom. The molecule has 0 saturated carbocycles. The number of unbranched alkanes of at least 4 members (excludes halogenated alkanes) is 1. The first-order valence-corrected chi connectivity index (χ1v) is 6.21. The molecule has 4 heteroatoms. The summed E-state index contributed by atoms with van der Waals surface area (Å²) >= 11 is 0. The van der Waals surface area contributed by atoms with E-state index in [2.05, 4.69) is 16.5 Å². The first-order valence-electron chi connectivity index (χ1n) is 6.21. The zero-order valence-electron chi connectivity index (χ0n) is 10.9. The van der Waals surface area contributed by atoms with Crippen molar-refractivity contribution in [3.8, 4) is 0 Å². The topological polar surface area (TPSA) is 55.1 Å². The number of aliphatic carboxylic acids is 1. The van der Waals surface area contributed by atoms with E-state index in [0.29, 0.717) is 0 Å². The molecule has 96 valence electrons. The Morgan fingerprint density at radius 2 is 2.18 bits per heavy atom. The number of aryl methyl sites for hydroxylation is 2. The Hall–Kier alpha value is -1.32. The lowest BCUT2D eigenvalue weighted by Crippen LogP contribution is -2.23. The summed E-state index contributed by atoms with van der Waals surface area (Å²) in [4.78, 5) is 15.2. The van der Waals surface area contributed by atoms with Gasteiger partial charge in [0.2, 0.25) is 0 Å². The molecule has 0 saturated heterocycles. The van der Waals surface area contributed by atoms with Gasteiger partial charge in [0.05, 0.1) is 5.41 Å². The summed E-state index contributed by atoms with van der Waals surface area (Å²) in [6, 6.07) is 0. The molecule has 0 unspecified atom stereocenters. The number of nitrogens with zero attached hydrogens (tertiary/aromatic N) is 2. The van der Waals surface area contributed by atoms with E-state index in [1.165, 1.54) is 0 Å². The molecular formula is C13H22N2O2. The maximum Gasteiger partial charge on any atom is 0.309 e. The third-order valence-electron chi connectivity index (χ3n) is 3.15. The van der Waals surface area contributed by atoms with Crippen molar-refractivity contribution in [1.82, 2.24) is 9.55 Å². The second-order valence-electron chi connectivity index (χ2n) is 5.04. The lowest BCUT2D eigenvalue weighted by Gasteiger charge is -2.18. The summed E-state index contributed by atoms with van der Waals surface area (Å²) in [5, 5.41) is 8.99. The molecule has 1 aromatic heterocycles. The minimum atomic E-state index is -0.714. The summed E-state index contributed by atoms with van der Waals surface area (Å²) < 4.78 is 2.15. The smallest absolute Gasteiger partial charge is 0.309 e. The Kier molecular flexibility index (Phi) is 4.73. The number of hydrogen-bond acceptors (Lipinski definition) is 2. The quantitative estimate of drug-likeness (QED) is 0.743. The summed E-state index contributed by atoms with van der Waals surface area (Å²) in [5.41, 5.74) is -0.609. The van der Waals surface area contributed by atoms with Crippen molar-refractivity contribution in [2.75, 3.05) is 0 Å². The molecule has 0 aliphatic rings. The first kappa shape index (κ1) is 13.7. The van der Waals surface area contributed by atoms with Gasteiger partial charge in [-0.05, 0) is 26.7 Å². The van der Waals surface area contributed by atoms with E-state index in [4.69, 9.17) is 5.11 Å². The standard InChI is InChI=1S/C13H22N2O2/c1-4-11-14-8-10-15(11)9-6-5-7-13(2,3)12(16)17/h8,10H,4-7,9H2,1-3H3,(H,16,17). The first-order chi connectivity index (χ1) is 7.97. The normalized spacial score (nSPS) is 11.7. The maximum absolute atomic E-state index is 10.9. The molecule has 0 bridgehead atoms. The molecule has 1 rings (SSSR count). The van der Waals surface area contributed by atoms with Gasteiger partial charge < -0.3 is 9.67 Å². The van der Waals surface area contributed by atoms with Crippen LogP contribution in [-0.2, 0) is 17.8 Å². The van der Waals surface area contributed by atoms with Crippen molar-refractivity contribution in [3.05, 3.63) is 18.2 Å². The van der Waals surface area contributed by atoms with Gasteiger partial charge >= 0.3 is 5.97 Å². The number of imidazole rings is 1. The summed E-state index contributed by atoms with van der Waals surface area (Å²) in [6.07, 6.45) is 7.40. The van der Waals surface area contributed by atoms with Gasteiger partial charge in [-0.25, -0.2) is 4.98 Å². The lowest BCUT2D eigenvalue weighted by molar-refractivity contribution is -0.147. The highest BCUT2D eigenvalue weighted by atomic mass is 16.4. The number of carboxylic acid groups (broad SMARTS) is 1. The number of rotatable bonds is 7. The molecule has 0 aliphatic heterocycles. The molecule has 1 heterocycles. The SMILES string of the molecule is CCc1nccn1CCCCC(C)(C)C(=O)O. The highest BCUT2D eigenvalue weighted by Gasteiger charge is 2.25. The zero-order chi connectivity index (χ0) is 12.9. The van der Waals surface area contributed by atoms with E-state index in [0.717, 1.165) is 38.1 Å². The third kappa shape index (κ3) is 3.88. The van der Waals surface area contributed by atoms with Crippen LogP contribution in [0.25, 0.3) is 0 Å². The summed E-state index contributed by atoms with van der Waals surface area (Å²) in [6.45, 7) is 6.58. The van der Waals surface area contributed by atoms with Crippen molar-refractivity contribution < 1.29 is 9.90 Å². The van der Waals surface area contributed by atoms with Crippen LogP contribution in [0.4, 0.5) is 0 Å². The van der Waals surface area contributed by atoms with Gasteiger partial charge in [0.1, 0.15) is 5.82 Å². The van der Waals surface area contributed by atoms with E-state index < -0.39 is 11.4 Å². The monoisotopic (exact) mass is 238 g/mol. The molecule has 0 fully saturated rings. The largest absolute Gasteiger partial charge is 0.481 e. The van der Waals surface area contributed by atoms with Crippen LogP contribution < -0.4 is 0 Å². The van der Waals surface area contributed by atoms with E-state index in [-0.39, 0.29) is 0 Å². The van der Waals surface area contributed by atoms with E-state index in [1.54, 1.807) is 13.8 Å². The number of hydrogen-bond donors (Lipinski definition) is 1. The maximum atomic E-state index is 10.9.